The Kier molecular flexibility index (Phi) is 9.66. The summed E-state index contributed by atoms with van der Waals surface area (Å²) >= 11 is 0. The van der Waals surface area contributed by atoms with Crippen LogP contribution in [0.2, 0.25) is 0 Å². The smallest absolute Gasteiger partial charge is 0.217 e. The molecule has 0 aromatic rings. The van der Waals surface area contributed by atoms with Gasteiger partial charge in [0.2, 0.25) is 5.91 Å². The second kappa shape index (κ2) is 10.9. The van der Waals surface area contributed by atoms with Crippen LogP contribution in [-0.4, -0.2) is 65.1 Å². The van der Waals surface area contributed by atoms with Crippen molar-refractivity contribution in [2.24, 2.45) is 0 Å². The number of carbonyl (C=O) groups excluding carboxylic acids is 1. The molecule has 0 aliphatic carbocycles. The molecule has 0 bridgehead atoms. The minimum absolute atomic E-state index is 0.347. The van der Waals surface area contributed by atoms with Crippen molar-refractivity contribution in [3.8, 4) is 0 Å². The van der Waals surface area contributed by atoms with Crippen molar-refractivity contribution < 1.29 is 29.6 Å². The number of rotatable bonds is 10. The number of amides is 1. The Bertz CT molecular complexity index is 341. The first-order valence-electron chi connectivity index (χ1n) is 8.52. The van der Waals surface area contributed by atoms with Gasteiger partial charge in [-0.1, -0.05) is 39.0 Å². The van der Waals surface area contributed by atoms with Gasteiger partial charge in [0.15, 0.2) is 6.29 Å². The first-order valence-corrected chi connectivity index (χ1v) is 8.52. The number of ether oxygens (including phenoxy) is 2. The molecule has 1 saturated heterocycles. The van der Waals surface area contributed by atoms with E-state index < -0.39 is 37.3 Å². The van der Waals surface area contributed by atoms with Crippen LogP contribution >= 0.6 is 0 Å². The molecule has 0 aromatic heterocycles. The van der Waals surface area contributed by atoms with Crippen LogP contribution in [-0.2, 0) is 14.3 Å². The third-order valence-electron chi connectivity index (χ3n) is 4.03. The topological polar surface area (TPSA) is 108 Å². The molecule has 4 N–H and O–H groups in total. The molecule has 0 saturated carbocycles. The third-order valence-corrected chi connectivity index (χ3v) is 4.03. The fourth-order valence-corrected chi connectivity index (χ4v) is 2.69. The molecule has 7 nitrogen and oxygen atoms in total. The molecule has 0 radical (unpaired) electrons. The van der Waals surface area contributed by atoms with E-state index >= 15 is 0 Å². The lowest BCUT2D eigenvalue weighted by atomic mass is 9.97. The summed E-state index contributed by atoms with van der Waals surface area (Å²) in [4.78, 5) is 11.3. The standard InChI is InChI=1S/C16H31NO6/c1-3-4-5-6-7-8-9-22-16-13(17-11(2)19)15(21)14(20)12(10-18)23-16/h12-16,18,20-21H,3-10H2,1-2H3,(H,17,19)/t12-,13-,14+,15-,16-/m1/s1. The maximum Gasteiger partial charge on any atom is 0.217 e. The van der Waals surface area contributed by atoms with E-state index in [0.717, 1.165) is 19.3 Å². The highest BCUT2D eigenvalue weighted by Gasteiger charge is 2.45. The molecule has 0 spiro atoms. The Balaban J connectivity index is 2.45. The number of hydrogen-bond acceptors (Lipinski definition) is 6. The molecule has 7 heteroatoms. The van der Waals surface area contributed by atoms with Gasteiger partial charge in [0.1, 0.15) is 24.4 Å². The zero-order chi connectivity index (χ0) is 17.2. The van der Waals surface area contributed by atoms with Crippen molar-refractivity contribution in [1.82, 2.24) is 5.32 Å². The lowest BCUT2D eigenvalue weighted by molar-refractivity contribution is -0.270. The summed E-state index contributed by atoms with van der Waals surface area (Å²) in [5.41, 5.74) is 0. The average Bonchev–Trinajstić information content (AvgIpc) is 2.52. The van der Waals surface area contributed by atoms with Crippen molar-refractivity contribution in [2.45, 2.75) is 83.0 Å². The summed E-state index contributed by atoms with van der Waals surface area (Å²) in [6.45, 7) is 3.50. The monoisotopic (exact) mass is 333 g/mol. The molecule has 1 fully saturated rings. The van der Waals surface area contributed by atoms with E-state index in [1.807, 2.05) is 0 Å². The normalized spacial score (nSPS) is 31.1. The van der Waals surface area contributed by atoms with Crippen LogP contribution in [0.25, 0.3) is 0 Å². The number of unbranched alkanes of at least 4 members (excludes halogenated alkanes) is 5. The summed E-state index contributed by atoms with van der Waals surface area (Å²) in [6, 6.07) is -0.856. The second-order valence-electron chi connectivity index (χ2n) is 6.07. The van der Waals surface area contributed by atoms with Crippen molar-refractivity contribution >= 4 is 5.91 Å². The molecule has 1 amide bonds. The van der Waals surface area contributed by atoms with Gasteiger partial charge < -0.3 is 30.1 Å². The molecular formula is C16H31NO6. The van der Waals surface area contributed by atoms with Crippen molar-refractivity contribution in [2.75, 3.05) is 13.2 Å². The van der Waals surface area contributed by atoms with Gasteiger partial charge in [0, 0.05) is 13.5 Å². The van der Waals surface area contributed by atoms with Crippen LogP contribution in [0.1, 0.15) is 52.4 Å². The fourth-order valence-electron chi connectivity index (χ4n) is 2.69. The predicted molar refractivity (Wildman–Crippen MR) is 84.7 cm³/mol. The molecule has 5 atom stereocenters. The van der Waals surface area contributed by atoms with Crippen molar-refractivity contribution in [3.05, 3.63) is 0 Å². The number of aliphatic hydroxyl groups excluding tert-OH is 3. The lowest BCUT2D eigenvalue weighted by Crippen LogP contribution is -2.64. The Morgan fingerprint density at radius 1 is 1.13 bits per heavy atom. The summed E-state index contributed by atoms with van der Waals surface area (Å²) in [5.74, 6) is -0.347. The van der Waals surface area contributed by atoms with Crippen molar-refractivity contribution in [3.63, 3.8) is 0 Å². The number of aliphatic hydroxyl groups is 3. The van der Waals surface area contributed by atoms with E-state index in [4.69, 9.17) is 9.47 Å². The Morgan fingerprint density at radius 2 is 1.78 bits per heavy atom. The Morgan fingerprint density at radius 3 is 2.39 bits per heavy atom. The summed E-state index contributed by atoms with van der Waals surface area (Å²) in [5, 5.41) is 31.8. The largest absolute Gasteiger partial charge is 0.394 e. The van der Waals surface area contributed by atoms with Gasteiger partial charge in [-0.3, -0.25) is 4.79 Å². The molecule has 23 heavy (non-hydrogen) atoms. The van der Waals surface area contributed by atoms with E-state index in [2.05, 4.69) is 12.2 Å². The molecule has 1 aliphatic heterocycles. The molecular weight excluding hydrogens is 302 g/mol. The van der Waals surface area contributed by atoms with Crippen molar-refractivity contribution in [1.29, 1.82) is 0 Å². The maximum absolute atomic E-state index is 11.3. The molecule has 0 unspecified atom stereocenters. The minimum atomic E-state index is -1.27. The fraction of sp³-hybridized carbons (Fsp3) is 0.938. The van der Waals surface area contributed by atoms with Gasteiger partial charge in [-0.2, -0.15) is 0 Å². The SMILES string of the molecule is CCCCCCCCO[C@@H]1O[C@H](CO)[C@H](O)[C@H](O)[C@H]1NC(C)=O. The molecule has 136 valence electrons. The average molecular weight is 333 g/mol. The molecule has 1 aliphatic rings. The van der Waals surface area contributed by atoms with Gasteiger partial charge in [0.05, 0.1) is 6.61 Å². The van der Waals surface area contributed by atoms with E-state index in [-0.39, 0.29) is 5.91 Å². The van der Waals surface area contributed by atoms with Crippen LogP contribution < -0.4 is 5.32 Å². The third kappa shape index (κ3) is 6.73. The molecule has 0 aromatic carbocycles. The van der Waals surface area contributed by atoms with Crippen LogP contribution in [0.4, 0.5) is 0 Å². The first kappa shape index (κ1) is 20.3. The molecule has 1 heterocycles. The number of carbonyl (C=O) groups is 1. The Hall–Kier alpha value is -0.730. The van der Waals surface area contributed by atoms with Gasteiger partial charge in [-0.05, 0) is 6.42 Å². The highest BCUT2D eigenvalue weighted by Crippen LogP contribution is 2.22. The van der Waals surface area contributed by atoms with E-state index in [9.17, 15) is 20.1 Å². The van der Waals surface area contributed by atoms with Crippen LogP contribution in [0.15, 0.2) is 0 Å². The second-order valence-corrected chi connectivity index (χ2v) is 6.07. The highest BCUT2D eigenvalue weighted by atomic mass is 16.7. The van der Waals surface area contributed by atoms with E-state index in [1.165, 1.54) is 26.2 Å². The summed E-state index contributed by atoms with van der Waals surface area (Å²) in [6.07, 6.45) is 2.37. The molecule has 1 rings (SSSR count). The predicted octanol–water partition coefficient (Wildman–Crippen LogP) is 0.307. The van der Waals surface area contributed by atoms with Gasteiger partial charge in [0.25, 0.3) is 0 Å². The lowest BCUT2D eigenvalue weighted by Gasteiger charge is -2.42. The van der Waals surface area contributed by atoms with Gasteiger partial charge in [-0.15, -0.1) is 0 Å². The van der Waals surface area contributed by atoms with Crippen LogP contribution in [0.5, 0.6) is 0 Å². The highest BCUT2D eigenvalue weighted by molar-refractivity contribution is 5.73. The first-order chi connectivity index (χ1) is 11.0. The summed E-state index contributed by atoms with van der Waals surface area (Å²) in [7, 11) is 0. The number of hydrogen-bond donors (Lipinski definition) is 4. The number of nitrogens with one attached hydrogen (secondary N) is 1. The van der Waals surface area contributed by atoms with E-state index in [0.29, 0.717) is 6.61 Å². The quantitative estimate of drug-likeness (QED) is 0.429. The summed E-state index contributed by atoms with van der Waals surface area (Å²) < 4.78 is 11.1. The van der Waals surface area contributed by atoms with E-state index in [1.54, 1.807) is 0 Å². The Labute approximate surface area is 138 Å². The van der Waals surface area contributed by atoms with Gasteiger partial charge >= 0.3 is 0 Å². The minimum Gasteiger partial charge on any atom is -0.394 e. The maximum atomic E-state index is 11.3. The van der Waals surface area contributed by atoms with Crippen LogP contribution in [0.3, 0.4) is 0 Å². The zero-order valence-electron chi connectivity index (χ0n) is 14.1. The van der Waals surface area contributed by atoms with Gasteiger partial charge in [-0.25, -0.2) is 0 Å². The zero-order valence-corrected chi connectivity index (χ0v) is 14.1. The van der Waals surface area contributed by atoms with Crippen LogP contribution in [0, 0.1) is 0 Å².